The number of rotatable bonds is 5. The summed E-state index contributed by atoms with van der Waals surface area (Å²) in [5.74, 6) is 0. The Morgan fingerprint density at radius 1 is 1.64 bits per heavy atom. The van der Waals surface area contributed by atoms with Crippen LogP contribution in [0.5, 0.6) is 0 Å². The zero-order chi connectivity index (χ0) is 10.6. The highest BCUT2D eigenvalue weighted by molar-refractivity contribution is 9.10. The van der Waals surface area contributed by atoms with E-state index in [0.717, 1.165) is 4.47 Å². The molecule has 1 N–H and O–H groups in total. The Hall–Kier alpha value is 0.100. The molecule has 2 atom stereocenters. The predicted octanol–water partition coefficient (Wildman–Crippen LogP) is 2.84. The van der Waals surface area contributed by atoms with E-state index in [9.17, 15) is 5.11 Å². The average molecular weight is 279 g/mol. The number of halogens is 1. The van der Waals surface area contributed by atoms with Gasteiger partial charge in [-0.1, -0.05) is 0 Å². The highest BCUT2D eigenvalue weighted by atomic mass is 79.9. The molecule has 0 spiro atoms. The van der Waals surface area contributed by atoms with Gasteiger partial charge in [-0.3, -0.25) is 0 Å². The second-order valence-electron chi connectivity index (χ2n) is 3.33. The fourth-order valence-electron chi connectivity index (χ4n) is 1.25. The van der Waals surface area contributed by atoms with Crippen LogP contribution in [0.15, 0.2) is 15.9 Å². The molecule has 1 aromatic rings. The minimum atomic E-state index is -0.320. The summed E-state index contributed by atoms with van der Waals surface area (Å²) in [6.45, 7) is 1.96. The summed E-state index contributed by atoms with van der Waals surface area (Å²) in [6, 6.07) is 2.01. The van der Waals surface area contributed by atoms with E-state index >= 15 is 0 Å². The normalized spacial score (nSPS) is 15.4. The summed E-state index contributed by atoms with van der Waals surface area (Å²) in [7, 11) is 1.67. The van der Waals surface area contributed by atoms with Crippen LogP contribution in [0.2, 0.25) is 0 Å². The molecular formula is C10H15BrO2S. The number of ether oxygens (including phenoxy) is 1. The van der Waals surface area contributed by atoms with Crippen LogP contribution in [-0.4, -0.2) is 24.4 Å². The van der Waals surface area contributed by atoms with Crippen molar-refractivity contribution < 1.29 is 9.84 Å². The van der Waals surface area contributed by atoms with Crippen LogP contribution in [0, 0.1) is 0 Å². The molecule has 80 valence electrons. The van der Waals surface area contributed by atoms with Crippen molar-refractivity contribution >= 4 is 27.3 Å². The fraction of sp³-hybridized carbons (Fsp3) is 0.600. The molecule has 1 heterocycles. The SMILES string of the molecule is COC(C)CC(O)Cc1sccc1Br. The van der Waals surface area contributed by atoms with Gasteiger partial charge in [0.05, 0.1) is 12.2 Å². The third kappa shape index (κ3) is 3.69. The van der Waals surface area contributed by atoms with E-state index in [1.165, 1.54) is 4.88 Å². The Kier molecular flexibility index (Phi) is 5.09. The smallest absolute Gasteiger partial charge is 0.0613 e. The number of thiophene rings is 1. The van der Waals surface area contributed by atoms with E-state index in [4.69, 9.17) is 4.74 Å². The van der Waals surface area contributed by atoms with Crippen LogP contribution < -0.4 is 0 Å². The van der Waals surface area contributed by atoms with Gasteiger partial charge in [0.1, 0.15) is 0 Å². The van der Waals surface area contributed by atoms with E-state index in [1.54, 1.807) is 18.4 Å². The van der Waals surface area contributed by atoms with Gasteiger partial charge in [0.25, 0.3) is 0 Å². The average Bonchev–Trinajstić information content (AvgIpc) is 2.51. The lowest BCUT2D eigenvalue weighted by Gasteiger charge is -2.14. The van der Waals surface area contributed by atoms with E-state index in [2.05, 4.69) is 15.9 Å². The molecule has 0 aromatic carbocycles. The lowest BCUT2D eigenvalue weighted by atomic mass is 10.1. The molecule has 0 radical (unpaired) electrons. The van der Waals surface area contributed by atoms with Gasteiger partial charge in [-0.2, -0.15) is 0 Å². The van der Waals surface area contributed by atoms with Crippen molar-refractivity contribution in [3.8, 4) is 0 Å². The molecule has 0 saturated heterocycles. The third-order valence-corrected chi connectivity index (χ3v) is 4.07. The minimum Gasteiger partial charge on any atom is -0.393 e. The van der Waals surface area contributed by atoms with Crippen LogP contribution in [0.1, 0.15) is 18.2 Å². The second-order valence-corrected chi connectivity index (χ2v) is 5.19. The van der Waals surface area contributed by atoms with Crippen molar-refractivity contribution in [1.29, 1.82) is 0 Å². The quantitative estimate of drug-likeness (QED) is 0.898. The monoisotopic (exact) mass is 278 g/mol. The maximum Gasteiger partial charge on any atom is 0.0613 e. The number of methoxy groups -OCH3 is 1. The third-order valence-electron chi connectivity index (χ3n) is 2.12. The van der Waals surface area contributed by atoms with Crippen LogP contribution >= 0.6 is 27.3 Å². The molecule has 0 fully saturated rings. The molecule has 0 bridgehead atoms. The van der Waals surface area contributed by atoms with Crippen LogP contribution in [0.25, 0.3) is 0 Å². The Morgan fingerprint density at radius 2 is 2.36 bits per heavy atom. The zero-order valence-electron chi connectivity index (χ0n) is 8.37. The van der Waals surface area contributed by atoms with E-state index in [1.807, 2.05) is 18.4 Å². The summed E-state index contributed by atoms with van der Waals surface area (Å²) in [6.07, 6.45) is 1.18. The van der Waals surface area contributed by atoms with Gasteiger partial charge in [-0.25, -0.2) is 0 Å². The number of hydrogen-bond acceptors (Lipinski definition) is 3. The minimum absolute atomic E-state index is 0.115. The summed E-state index contributed by atoms with van der Waals surface area (Å²) < 4.78 is 6.19. The first-order chi connectivity index (χ1) is 6.63. The summed E-state index contributed by atoms with van der Waals surface area (Å²) in [4.78, 5) is 1.20. The van der Waals surface area contributed by atoms with Crippen molar-refractivity contribution in [2.45, 2.75) is 32.0 Å². The fourth-order valence-corrected chi connectivity index (χ4v) is 2.83. The first-order valence-electron chi connectivity index (χ1n) is 4.56. The molecule has 1 rings (SSSR count). The lowest BCUT2D eigenvalue weighted by Crippen LogP contribution is -2.18. The van der Waals surface area contributed by atoms with Gasteiger partial charge < -0.3 is 9.84 Å². The number of hydrogen-bond donors (Lipinski definition) is 1. The van der Waals surface area contributed by atoms with Crippen LogP contribution in [-0.2, 0) is 11.2 Å². The van der Waals surface area contributed by atoms with Crippen molar-refractivity contribution in [1.82, 2.24) is 0 Å². The van der Waals surface area contributed by atoms with Gasteiger partial charge in [0, 0.05) is 22.9 Å². The van der Waals surface area contributed by atoms with E-state index in [0.29, 0.717) is 12.8 Å². The molecule has 0 aliphatic carbocycles. The molecule has 14 heavy (non-hydrogen) atoms. The predicted molar refractivity (Wildman–Crippen MR) is 62.8 cm³/mol. The Balaban J connectivity index is 2.41. The van der Waals surface area contributed by atoms with E-state index in [-0.39, 0.29) is 12.2 Å². The Labute approximate surface area is 97.0 Å². The molecule has 4 heteroatoms. The molecule has 0 aliphatic heterocycles. The molecule has 0 aliphatic rings. The first-order valence-corrected chi connectivity index (χ1v) is 6.23. The Morgan fingerprint density at radius 3 is 2.86 bits per heavy atom. The number of aliphatic hydroxyl groups is 1. The van der Waals surface area contributed by atoms with E-state index < -0.39 is 0 Å². The molecule has 1 aromatic heterocycles. The zero-order valence-corrected chi connectivity index (χ0v) is 10.8. The van der Waals surface area contributed by atoms with Crippen molar-refractivity contribution in [3.05, 3.63) is 20.8 Å². The number of aliphatic hydroxyl groups excluding tert-OH is 1. The van der Waals surface area contributed by atoms with Crippen molar-refractivity contribution in [2.75, 3.05) is 7.11 Å². The summed E-state index contributed by atoms with van der Waals surface area (Å²) >= 11 is 5.11. The first kappa shape index (κ1) is 12.2. The topological polar surface area (TPSA) is 29.5 Å². The van der Waals surface area contributed by atoms with Crippen LogP contribution in [0.4, 0.5) is 0 Å². The molecular weight excluding hydrogens is 264 g/mol. The molecule has 2 unspecified atom stereocenters. The largest absolute Gasteiger partial charge is 0.393 e. The maximum absolute atomic E-state index is 9.75. The van der Waals surface area contributed by atoms with Gasteiger partial charge in [0.2, 0.25) is 0 Å². The second kappa shape index (κ2) is 5.85. The highest BCUT2D eigenvalue weighted by Crippen LogP contribution is 2.24. The Bertz CT molecular complexity index is 275. The lowest BCUT2D eigenvalue weighted by molar-refractivity contribution is 0.0568. The van der Waals surface area contributed by atoms with Crippen LogP contribution in [0.3, 0.4) is 0 Å². The molecule has 2 nitrogen and oxygen atoms in total. The van der Waals surface area contributed by atoms with Crippen molar-refractivity contribution in [2.24, 2.45) is 0 Å². The molecule has 0 saturated carbocycles. The van der Waals surface area contributed by atoms with Crippen molar-refractivity contribution in [3.63, 3.8) is 0 Å². The van der Waals surface area contributed by atoms with Gasteiger partial charge in [0.15, 0.2) is 0 Å². The van der Waals surface area contributed by atoms with Gasteiger partial charge >= 0.3 is 0 Å². The summed E-state index contributed by atoms with van der Waals surface area (Å²) in [5.41, 5.74) is 0. The maximum atomic E-state index is 9.75. The molecule has 0 amide bonds. The van der Waals surface area contributed by atoms with Gasteiger partial charge in [-0.05, 0) is 40.7 Å². The summed E-state index contributed by atoms with van der Waals surface area (Å²) in [5, 5.41) is 11.8. The highest BCUT2D eigenvalue weighted by Gasteiger charge is 2.12. The van der Waals surface area contributed by atoms with Gasteiger partial charge in [-0.15, -0.1) is 11.3 Å². The standard InChI is InChI=1S/C10H15BrO2S/c1-7(13-2)5-8(12)6-10-9(11)3-4-14-10/h3-4,7-8,12H,5-6H2,1-2H3.